The van der Waals surface area contributed by atoms with E-state index in [1.54, 1.807) is 20.1 Å². The molecule has 0 amide bonds. The number of hydrogen-bond acceptors (Lipinski definition) is 9. The monoisotopic (exact) mass is 442 g/mol. The average molecular weight is 442 g/mol. The van der Waals surface area contributed by atoms with Crippen LogP contribution in [-0.4, -0.2) is 68.8 Å². The summed E-state index contributed by atoms with van der Waals surface area (Å²) in [6, 6.07) is 11.1. The van der Waals surface area contributed by atoms with Crippen LogP contribution in [0.25, 0.3) is 22.6 Å². The van der Waals surface area contributed by atoms with Crippen molar-refractivity contribution in [3.05, 3.63) is 53.4 Å². The van der Waals surface area contributed by atoms with Crippen LogP contribution < -0.4 is 4.74 Å². The van der Waals surface area contributed by atoms with E-state index in [0.29, 0.717) is 28.7 Å². The molecule has 0 bridgehead atoms. The van der Waals surface area contributed by atoms with E-state index in [0.717, 1.165) is 16.7 Å². The fourth-order valence-electron chi connectivity index (χ4n) is 4.07. The van der Waals surface area contributed by atoms with E-state index in [-0.39, 0.29) is 0 Å². The van der Waals surface area contributed by atoms with Crippen LogP contribution in [0.1, 0.15) is 23.1 Å². The highest BCUT2D eigenvalue weighted by Crippen LogP contribution is 2.40. The van der Waals surface area contributed by atoms with Crippen molar-refractivity contribution >= 4 is 0 Å². The minimum Gasteiger partial charge on any atom is -0.496 e. The highest BCUT2D eigenvalue weighted by Gasteiger charge is 2.44. The molecule has 0 aliphatic carbocycles. The molecule has 4 rings (SSSR count). The molecule has 0 saturated carbocycles. The molecule has 0 spiro atoms. The minimum atomic E-state index is -1.44. The van der Waals surface area contributed by atoms with Crippen molar-refractivity contribution in [3.8, 4) is 28.3 Å². The summed E-state index contributed by atoms with van der Waals surface area (Å²) in [5.41, 5.74) is 3.80. The van der Waals surface area contributed by atoms with Gasteiger partial charge in [-0.1, -0.05) is 18.2 Å². The number of rotatable bonds is 5. The second-order valence-corrected chi connectivity index (χ2v) is 7.81. The molecular weight excluding hydrogens is 416 g/mol. The van der Waals surface area contributed by atoms with Crippen molar-refractivity contribution in [1.82, 2.24) is 10.2 Å². The second kappa shape index (κ2) is 8.97. The Labute approximate surface area is 184 Å². The van der Waals surface area contributed by atoms with Crippen molar-refractivity contribution in [2.75, 3.05) is 13.7 Å². The first-order valence-corrected chi connectivity index (χ1v) is 10.2. The Balaban J connectivity index is 1.74. The Morgan fingerprint density at radius 3 is 2.41 bits per heavy atom. The van der Waals surface area contributed by atoms with Gasteiger partial charge < -0.3 is 34.3 Å². The van der Waals surface area contributed by atoms with Crippen LogP contribution in [0.5, 0.6) is 5.75 Å². The molecule has 1 aliphatic rings. The molecule has 32 heavy (non-hydrogen) atoms. The summed E-state index contributed by atoms with van der Waals surface area (Å²) in [4.78, 5) is 0. The van der Waals surface area contributed by atoms with Crippen LogP contribution in [0.3, 0.4) is 0 Å². The van der Waals surface area contributed by atoms with Crippen molar-refractivity contribution in [3.63, 3.8) is 0 Å². The first-order valence-electron chi connectivity index (χ1n) is 10.2. The summed E-state index contributed by atoms with van der Waals surface area (Å²) in [6.07, 6.45) is -6.10. The van der Waals surface area contributed by atoms with Crippen molar-refractivity contribution in [2.24, 2.45) is 0 Å². The van der Waals surface area contributed by atoms with E-state index in [4.69, 9.17) is 13.9 Å². The molecule has 1 saturated heterocycles. The quantitative estimate of drug-likeness (QED) is 0.463. The molecule has 4 N–H and O–H groups in total. The third-order valence-corrected chi connectivity index (χ3v) is 5.84. The van der Waals surface area contributed by atoms with Crippen molar-refractivity contribution < 1.29 is 34.3 Å². The normalized spacial score (nSPS) is 25.7. The largest absolute Gasteiger partial charge is 0.496 e. The number of aliphatic hydroxyl groups excluding tert-OH is 4. The van der Waals surface area contributed by atoms with Gasteiger partial charge in [0.05, 0.1) is 13.7 Å². The molecule has 9 heteroatoms. The zero-order valence-corrected chi connectivity index (χ0v) is 18.0. The Kier molecular flexibility index (Phi) is 6.27. The highest BCUT2D eigenvalue weighted by molar-refractivity contribution is 5.77. The lowest BCUT2D eigenvalue weighted by molar-refractivity contribution is -0.231. The zero-order valence-electron chi connectivity index (χ0n) is 18.0. The maximum atomic E-state index is 10.6. The Morgan fingerprint density at radius 2 is 1.75 bits per heavy atom. The number of ether oxygens (including phenoxy) is 2. The average Bonchev–Trinajstić information content (AvgIpc) is 3.24. The number of hydrogen-bond donors (Lipinski definition) is 4. The van der Waals surface area contributed by atoms with Gasteiger partial charge in [0.15, 0.2) is 0 Å². The third-order valence-electron chi connectivity index (χ3n) is 5.84. The zero-order chi connectivity index (χ0) is 23.0. The van der Waals surface area contributed by atoms with Crippen LogP contribution in [0, 0.1) is 13.8 Å². The lowest BCUT2D eigenvalue weighted by Crippen LogP contribution is -2.55. The number of benzene rings is 2. The predicted molar refractivity (Wildman–Crippen MR) is 114 cm³/mol. The fraction of sp³-hybridized carbons (Fsp3) is 0.391. The molecule has 170 valence electrons. The van der Waals surface area contributed by atoms with Gasteiger partial charge in [-0.05, 0) is 41.8 Å². The van der Waals surface area contributed by atoms with E-state index in [1.165, 1.54) is 0 Å². The molecule has 3 aromatic rings. The van der Waals surface area contributed by atoms with Crippen LogP contribution in [0.2, 0.25) is 0 Å². The maximum Gasteiger partial charge on any atom is 0.247 e. The third kappa shape index (κ3) is 3.89. The number of aryl methyl sites for hydroxylation is 1. The SMILES string of the molecule is COc1cc(-c2nnc(C)o2)ccc1-c1cccc(C2OC(CO)C(O)C(O)C2O)c1C. The van der Waals surface area contributed by atoms with Gasteiger partial charge in [0.2, 0.25) is 11.8 Å². The minimum absolute atomic E-state index is 0.388. The van der Waals surface area contributed by atoms with Crippen LogP contribution in [0.15, 0.2) is 40.8 Å². The first-order chi connectivity index (χ1) is 15.3. The van der Waals surface area contributed by atoms with Crippen LogP contribution >= 0.6 is 0 Å². The topological polar surface area (TPSA) is 138 Å². The summed E-state index contributed by atoms with van der Waals surface area (Å²) in [7, 11) is 1.57. The summed E-state index contributed by atoms with van der Waals surface area (Å²) in [6.45, 7) is 3.11. The van der Waals surface area contributed by atoms with Gasteiger partial charge in [0.1, 0.15) is 36.3 Å². The van der Waals surface area contributed by atoms with Gasteiger partial charge in [0.25, 0.3) is 0 Å². The molecule has 2 aromatic carbocycles. The van der Waals surface area contributed by atoms with Gasteiger partial charge in [-0.3, -0.25) is 0 Å². The number of methoxy groups -OCH3 is 1. The molecule has 1 aliphatic heterocycles. The molecule has 2 heterocycles. The van der Waals surface area contributed by atoms with E-state index in [1.807, 2.05) is 37.3 Å². The Hall–Kier alpha value is -2.82. The first kappa shape index (κ1) is 22.4. The second-order valence-electron chi connectivity index (χ2n) is 7.81. The summed E-state index contributed by atoms with van der Waals surface area (Å²) < 4.78 is 16.9. The van der Waals surface area contributed by atoms with Crippen molar-refractivity contribution in [2.45, 2.75) is 44.4 Å². The number of aliphatic hydroxyl groups is 4. The maximum absolute atomic E-state index is 10.6. The molecule has 1 fully saturated rings. The van der Waals surface area contributed by atoms with Crippen molar-refractivity contribution in [1.29, 1.82) is 0 Å². The van der Waals surface area contributed by atoms with Gasteiger partial charge in [-0.25, -0.2) is 0 Å². The van der Waals surface area contributed by atoms with E-state index in [2.05, 4.69) is 10.2 Å². The van der Waals surface area contributed by atoms with Gasteiger partial charge in [-0.2, -0.15) is 0 Å². The Bertz CT molecular complexity index is 1100. The lowest BCUT2D eigenvalue weighted by atomic mass is 9.86. The molecule has 5 unspecified atom stereocenters. The summed E-state index contributed by atoms with van der Waals surface area (Å²) in [5.74, 6) is 1.44. The standard InChI is InChI=1S/C23H26N2O7/c1-11-14(16-8-7-13(9-17(16)30-3)23-25-24-12(2)31-23)5-4-6-15(11)22-21(29)20(28)19(27)18(10-26)32-22/h4-9,18-22,26-29H,10H2,1-3H3. The van der Waals surface area contributed by atoms with Gasteiger partial charge in [-0.15, -0.1) is 10.2 Å². The summed E-state index contributed by atoms with van der Waals surface area (Å²) in [5, 5.41) is 48.3. The molecule has 9 nitrogen and oxygen atoms in total. The van der Waals surface area contributed by atoms with Crippen LogP contribution in [0.4, 0.5) is 0 Å². The number of aromatic nitrogens is 2. The highest BCUT2D eigenvalue weighted by atomic mass is 16.5. The molecular formula is C23H26N2O7. The lowest BCUT2D eigenvalue weighted by Gasteiger charge is -2.40. The number of nitrogens with zero attached hydrogens (tertiary/aromatic N) is 2. The van der Waals surface area contributed by atoms with Crippen LogP contribution in [-0.2, 0) is 4.74 Å². The van der Waals surface area contributed by atoms with Gasteiger partial charge >= 0.3 is 0 Å². The van der Waals surface area contributed by atoms with E-state index < -0.39 is 37.1 Å². The Morgan fingerprint density at radius 1 is 0.969 bits per heavy atom. The smallest absolute Gasteiger partial charge is 0.247 e. The molecule has 5 atom stereocenters. The van der Waals surface area contributed by atoms with Gasteiger partial charge in [0, 0.05) is 18.1 Å². The van der Waals surface area contributed by atoms with E-state index >= 15 is 0 Å². The van der Waals surface area contributed by atoms with E-state index in [9.17, 15) is 20.4 Å². The molecule has 0 radical (unpaired) electrons. The predicted octanol–water partition coefficient (Wildman–Crippen LogP) is 1.54. The summed E-state index contributed by atoms with van der Waals surface area (Å²) >= 11 is 0. The fourth-order valence-corrected chi connectivity index (χ4v) is 4.07. The molecule has 1 aromatic heterocycles.